The van der Waals surface area contributed by atoms with E-state index in [2.05, 4.69) is 18.1 Å². The van der Waals surface area contributed by atoms with Gasteiger partial charge in [0.25, 0.3) is 0 Å². The highest BCUT2D eigenvalue weighted by atomic mass is 32.1. The Labute approximate surface area is 172 Å². The van der Waals surface area contributed by atoms with Gasteiger partial charge in [0.05, 0.1) is 6.61 Å². The van der Waals surface area contributed by atoms with Crippen LogP contribution in [0.25, 0.3) is 0 Å². The number of hydrogen-bond donors (Lipinski definition) is 6. The van der Waals surface area contributed by atoms with Gasteiger partial charge in [0.1, 0.15) is 18.0 Å². The first-order valence-corrected chi connectivity index (χ1v) is 12.5. The van der Waals surface area contributed by atoms with Gasteiger partial charge < -0.3 is 35.2 Å². The van der Waals surface area contributed by atoms with Crippen molar-refractivity contribution in [1.29, 1.82) is 0 Å². The van der Waals surface area contributed by atoms with Crippen molar-refractivity contribution in [3.05, 3.63) is 17.0 Å². The van der Waals surface area contributed by atoms with E-state index in [0.29, 0.717) is 0 Å². The number of nitrogens with zero attached hydrogens (tertiary/aromatic N) is 2. The lowest BCUT2D eigenvalue weighted by Gasteiger charge is -2.25. The van der Waals surface area contributed by atoms with Gasteiger partial charge in [-0.1, -0.05) is 0 Å². The van der Waals surface area contributed by atoms with Gasteiger partial charge in [-0.25, -0.2) is 23.1 Å². The molecule has 0 radical (unpaired) electrons. The summed E-state index contributed by atoms with van der Waals surface area (Å²) in [5.74, 6) is 0.0413. The molecule has 0 spiro atoms. The zero-order chi connectivity index (χ0) is 23.1. The molecule has 1 aromatic rings. The number of rotatable bonds is 8. The summed E-state index contributed by atoms with van der Waals surface area (Å²) < 4.78 is 66.3. The normalized spacial score (nSPS) is 31.2. The van der Waals surface area contributed by atoms with Crippen LogP contribution in [0, 0.1) is 4.77 Å². The average molecular weight is 515 g/mol. The molecule has 30 heavy (non-hydrogen) atoms. The highest BCUT2D eigenvalue weighted by Crippen LogP contribution is 2.66. The van der Waals surface area contributed by atoms with Crippen LogP contribution >= 0.6 is 35.7 Å². The number of phosphoric ester groups is 1. The van der Waals surface area contributed by atoms with E-state index >= 15 is 4.39 Å². The molecule has 0 aliphatic carbocycles. The topological polar surface area (TPSA) is 233 Å². The number of ether oxygens (including phenoxy) is 1. The molecule has 1 aromatic heterocycles. The summed E-state index contributed by atoms with van der Waals surface area (Å²) in [7, 11) is -16.8. The van der Waals surface area contributed by atoms with Crippen molar-refractivity contribution < 1.29 is 60.6 Å². The number of nitrogen functional groups attached to an aromatic ring is 1. The van der Waals surface area contributed by atoms with Crippen LogP contribution in [0.1, 0.15) is 13.2 Å². The summed E-state index contributed by atoms with van der Waals surface area (Å²) in [5.41, 5.74) is 2.96. The molecule has 172 valence electrons. The van der Waals surface area contributed by atoms with E-state index in [4.69, 9.17) is 37.4 Å². The van der Waals surface area contributed by atoms with Crippen molar-refractivity contribution in [1.82, 2.24) is 9.55 Å². The minimum absolute atomic E-state index is 0.0413. The fourth-order valence-electron chi connectivity index (χ4n) is 2.43. The first-order chi connectivity index (χ1) is 13.4. The Bertz CT molecular complexity index is 1000. The van der Waals surface area contributed by atoms with E-state index in [1.165, 1.54) is 12.3 Å². The van der Waals surface area contributed by atoms with E-state index in [1.54, 1.807) is 0 Å². The molecule has 7 N–H and O–H groups in total. The SMILES string of the molecule is CC1(F)[C@@H](O)C(COP(=O)(O)OP(=O)(O)OP(=O)(O)O)O[C@H]1n1ccc(N)nc1=S. The van der Waals surface area contributed by atoms with Crippen molar-refractivity contribution in [2.45, 2.75) is 31.0 Å². The number of hydrogen-bond acceptors (Lipinski definition) is 11. The van der Waals surface area contributed by atoms with Crippen LogP contribution in [-0.2, 0) is 31.6 Å². The second-order valence-corrected chi connectivity index (χ2v) is 10.8. The molecule has 0 amide bonds. The molecule has 6 atom stereocenters. The Balaban J connectivity index is 2.12. The predicted molar refractivity (Wildman–Crippen MR) is 96.7 cm³/mol. The van der Waals surface area contributed by atoms with Crippen molar-refractivity contribution in [3.8, 4) is 0 Å². The fraction of sp³-hybridized carbons (Fsp3) is 0.600. The van der Waals surface area contributed by atoms with Crippen LogP contribution < -0.4 is 5.73 Å². The first-order valence-electron chi connectivity index (χ1n) is 7.59. The zero-order valence-electron chi connectivity index (χ0n) is 14.8. The zero-order valence-corrected chi connectivity index (χ0v) is 18.3. The van der Waals surface area contributed by atoms with Crippen molar-refractivity contribution in [3.63, 3.8) is 0 Å². The van der Waals surface area contributed by atoms with Gasteiger partial charge in [0.15, 0.2) is 11.9 Å². The maximum Gasteiger partial charge on any atom is 0.490 e. The Morgan fingerprint density at radius 3 is 2.43 bits per heavy atom. The van der Waals surface area contributed by atoms with Gasteiger partial charge in [-0.15, -0.1) is 0 Å². The maximum absolute atomic E-state index is 15.1. The number of anilines is 1. The fourth-order valence-corrected chi connectivity index (χ4v) is 5.72. The number of aliphatic hydroxyl groups excluding tert-OH is 1. The third-order valence-corrected chi connectivity index (χ3v) is 7.74. The molecule has 4 unspecified atom stereocenters. The van der Waals surface area contributed by atoms with Gasteiger partial charge in [0, 0.05) is 6.20 Å². The Kier molecular flexibility index (Phi) is 7.44. The second kappa shape index (κ2) is 8.71. The number of halogens is 1. The summed E-state index contributed by atoms with van der Waals surface area (Å²) in [6.45, 7) is -0.0954. The molecule has 1 aliphatic rings. The van der Waals surface area contributed by atoms with Gasteiger partial charge in [-0.05, 0) is 25.2 Å². The largest absolute Gasteiger partial charge is 0.490 e. The Hall–Kier alpha value is -0.640. The van der Waals surface area contributed by atoms with Crippen LogP contribution in [0.2, 0.25) is 0 Å². The quantitative estimate of drug-likeness (QED) is 0.205. The second-order valence-electron chi connectivity index (χ2n) is 6.05. The summed E-state index contributed by atoms with van der Waals surface area (Å²) in [4.78, 5) is 39.2. The highest BCUT2D eigenvalue weighted by Gasteiger charge is 2.55. The highest BCUT2D eigenvalue weighted by molar-refractivity contribution is 7.71. The standard InChI is InChI=1S/C10H17FN3O12P3S/c1-10(11)7(15)5(24-8(10)14-3-2-6(12)13-9(14)30)4-23-28(19,20)26-29(21,22)25-27(16,17)18/h2-3,5,7-8,15H,4H2,1H3,(H,19,20)(H,21,22)(H2,12,13,30)(H2,16,17,18)/t5?,7-,8+,10?/m0/s1. The van der Waals surface area contributed by atoms with Gasteiger partial charge in [-0.3, -0.25) is 9.09 Å². The average Bonchev–Trinajstić information content (AvgIpc) is 2.73. The van der Waals surface area contributed by atoms with Crippen LogP contribution in [-0.4, -0.2) is 58.7 Å². The third kappa shape index (κ3) is 6.43. The number of aliphatic hydroxyl groups is 1. The first kappa shape index (κ1) is 25.6. The number of alkyl halides is 1. The van der Waals surface area contributed by atoms with Crippen molar-refractivity contribution >= 4 is 41.5 Å². The van der Waals surface area contributed by atoms with Crippen molar-refractivity contribution in [2.24, 2.45) is 0 Å². The Morgan fingerprint density at radius 2 is 1.90 bits per heavy atom. The minimum atomic E-state index is -5.73. The lowest BCUT2D eigenvalue weighted by atomic mass is 9.98. The molecule has 0 aromatic carbocycles. The monoisotopic (exact) mass is 515 g/mol. The lowest BCUT2D eigenvalue weighted by Crippen LogP contribution is -2.40. The molecule has 1 saturated heterocycles. The molecule has 20 heteroatoms. The third-order valence-electron chi connectivity index (χ3n) is 3.64. The van der Waals surface area contributed by atoms with Gasteiger partial charge in [0.2, 0.25) is 4.77 Å². The van der Waals surface area contributed by atoms with Crippen LogP contribution in [0.15, 0.2) is 12.3 Å². The van der Waals surface area contributed by atoms with Gasteiger partial charge in [-0.2, -0.15) is 8.62 Å². The molecule has 1 fully saturated rings. The molecule has 1 aliphatic heterocycles. The van der Waals surface area contributed by atoms with Crippen LogP contribution in [0.3, 0.4) is 0 Å². The van der Waals surface area contributed by atoms with E-state index in [-0.39, 0.29) is 10.6 Å². The van der Waals surface area contributed by atoms with Crippen LogP contribution in [0.5, 0.6) is 0 Å². The van der Waals surface area contributed by atoms with E-state index in [9.17, 15) is 23.7 Å². The Morgan fingerprint density at radius 1 is 1.30 bits per heavy atom. The number of aromatic nitrogens is 2. The lowest BCUT2D eigenvalue weighted by molar-refractivity contribution is -0.0593. The van der Waals surface area contributed by atoms with E-state index < -0.39 is 54.2 Å². The van der Waals surface area contributed by atoms with Crippen LogP contribution in [0.4, 0.5) is 10.2 Å². The molecule has 0 bridgehead atoms. The van der Waals surface area contributed by atoms with E-state index in [0.717, 1.165) is 11.5 Å². The molecule has 0 saturated carbocycles. The summed E-state index contributed by atoms with van der Waals surface area (Å²) in [6, 6.07) is 1.28. The number of phosphoric acid groups is 3. The molecular formula is C10H17FN3O12P3S. The van der Waals surface area contributed by atoms with E-state index in [1.807, 2.05) is 0 Å². The smallest absolute Gasteiger partial charge is 0.387 e. The molecule has 15 nitrogen and oxygen atoms in total. The van der Waals surface area contributed by atoms with Gasteiger partial charge >= 0.3 is 23.5 Å². The maximum atomic E-state index is 15.1. The molecule has 2 rings (SSSR count). The molecular weight excluding hydrogens is 498 g/mol. The van der Waals surface area contributed by atoms with Crippen molar-refractivity contribution in [2.75, 3.05) is 12.3 Å². The molecule has 2 heterocycles. The summed E-state index contributed by atoms with van der Waals surface area (Å²) >= 11 is 4.95. The minimum Gasteiger partial charge on any atom is -0.387 e. The predicted octanol–water partition coefficient (Wildman–Crippen LogP) is 0.525. The summed E-state index contributed by atoms with van der Waals surface area (Å²) in [5, 5.41) is 10.2. The summed E-state index contributed by atoms with van der Waals surface area (Å²) in [6.07, 6.45) is -3.85. The number of nitrogens with two attached hydrogens (primary N) is 1.